The minimum absolute atomic E-state index is 0. The summed E-state index contributed by atoms with van der Waals surface area (Å²) in [5.41, 5.74) is 5.34. The first kappa shape index (κ1) is 17.8. The van der Waals surface area contributed by atoms with Gasteiger partial charge in [-0.25, -0.2) is 13.4 Å². The highest BCUT2D eigenvalue weighted by molar-refractivity contribution is 7.89. The van der Waals surface area contributed by atoms with Crippen molar-refractivity contribution in [2.24, 2.45) is 11.7 Å². The Bertz CT molecular complexity index is 585. The van der Waals surface area contributed by atoms with E-state index in [0.717, 1.165) is 25.1 Å². The van der Waals surface area contributed by atoms with Gasteiger partial charge in [-0.3, -0.25) is 10.1 Å². The maximum absolute atomic E-state index is 12.3. The van der Waals surface area contributed by atoms with Gasteiger partial charge in [0.05, 0.1) is 4.92 Å². The van der Waals surface area contributed by atoms with Crippen molar-refractivity contribution in [1.29, 1.82) is 0 Å². The Hall–Kier alpha value is -1.29. The van der Waals surface area contributed by atoms with Crippen LogP contribution in [0.1, 0.15) is 12.8 Å². The molecule has 8 nitrogen and oxygen atoms in total. The van der Waals surface area contributed by atoms with Crippen LogP contribution in [0.25, 0.3) is 0 Å². The summed E-state index contributed by atoms with van der Waals surface area (Å²) in [4.78, 5) is 13.6. The van der Waals surface area contributed by atoms with Gasteiger partial charge in [0.15, 0.2) is 5.03 Å². The van der Waals surface area contributed by atoms with Gasteiger partial charge in [0, 0.05) is 19.2 Å². The highest BCUT2D eigenvalue weighted by Crippen LogP contribution is 2.23. The Balaban J connectivity index is 0.00000220. The zero-order valence-corrected chi connectivity index (χ0v) is 12.8. The SMILES string of the molecule is Cl.NCC1CCN(S(=O)(=O)c2ccc([N+](=O)[O-])cn2)CC1. The van der Waals surface area contributed by atoms with Crippen molar-refractivity contribution in [1.82, 2.24) is 9.29 Å². The zero-order chi connectivity index (χ0) is 14.8. The predicted octanol–water partition coefficient (Wildman–Crippen LogP) is 0.771. The molecule has 1 fully saturated rings. The van der Waals surface area contributed by atoms with Crippen molar-refractivity contribution in [3.63, 3.8) is 0 Å². The third kappa shape index (κ3) is 3.88. The lowest BCUT2D eigenvalue weighted by Crippen LogP contribution is -2.40. The summed E-state index contributed by atoms with van der Waals surface area (Å²) in [7, 11) is -3.68. The fraction of sp³-hybridized carbons (Fsp3) is 0.545. The molecule has 10 heteroatoms. The molecule has 1 aliphatic heterocycles. The van der Waals surface area contributed by atoms with Crippen LogP contribution < -0.4 is 5.73 Å². The van der Waals surface area contributed by atoms with E-state index in [9.17, 15) is 18.5 Å². The molecule has 0 bridgehead atoms. The maximum Gasteiger partial charge on any atom is 0.287 e. The summed E-state index contributed by atoms with van der Waals surface area (Å²) in [6, 6.07) is 2.31. The molecule has 0 unspecified atom stereocenters. The number of nitrogens with two attached hydrogens (primary N) is 1. The van der Waals surface area contributed by atoms with E-state index in [0.29, 0.717) is 25.6 Å². The second-order valence-corrected chi connectivity index (χ2v) is 6.58. The molecular weight excluding hydrogens is 320 g/mol. The van der Waals surface area contributed by atoms with Gasteiger partial charge in [0.25, 0.3) is 15.7 Å². The van der Waals surface area contributed by atoms with Crippen molar-refractivity contribution < 1.29 is 13.3 Å². The summed E-state index contributed by atoms with van der Waals surface area (Å²) in [6.45, 7) is 1.37. The average molecular weight is 337 g/mol. The number of nitro groups is 1. The Morgan fingerprint density at radius 2 is 2.00 bits per heavy atom. The second-order valence-electron chi connectivity index (χ2n) is 4.69. The van der Waals surface area contributed by atoms with Crippen molar-refractivity contribution in [3.8, 4) is 0 Å². The Morgan fingerprint density at radius 3 is 2.43 bits per heavy atom. The normalized spacial score (nSPS) is 17.2. The van der Waals surface area contributed by atoms with Crippen LogP contribution in [-0.4, -0.2) is 42.3 Å². The number of hydrogen-bond acceptors (Lipinski definition) is 6. The lowest BCUT2D eigenvalue weighted by molar-refractivity contribution is -0.385. The Kier molecular flexibility index (Phi) is 6.02. The van der Waals surface area contributed by atoms with E-state index < -0.39 is 14.9 Å². The number of pyridine rings is 1. The molecule has 118 valence electrons. The predicted molar refractivity (Wildman–Crippen MR) is 78.7 cm³/mol. The molecule has 2 rings (SSSR count). The van der Waals surface area contributed by atoms with Crippen LogP contribution in [-0.2, 0) is 10.0 Å². The third-order valence-corrected chi connectivity index (χ3v) is 5.26. The largest absolute Gasteiger partial charge is 0.330 e. The van der Waals surface area contributed by atoms with Gasteiger partial charge < -0.3 is 5.73 Å². The monoisotopic (exact) mass is 336 g/mol. The molecule has 21 heavy (non-hydrogen) atoms. The molecule has 0 aliphatic carbocycles. The van der Waals surface area contributed by atoms with Crippen molar-refractivity contribution in [3.05, 3.63) is 28.4 Å². The molecule has 1 aromatic heterocycles. The van der Waals surface area contributed by atoms with Crippen LogP contribution in [0.4, 0.5) is 5.69 Å². The molecule has 0 aromatic carbocycles. The number of aromatic nitrogens is 1. The van der Waals surface area contributed by atoms with Gasteiger partial charge in [-0.15, -0.1) is 12.4 Å². The van der Waals surface area contributed by atoms with Crippen LogP contribution in [0, 0.1) is 16.0 Å². The second kappa shape index (κ2) is 7.12. The molecule has 0 saturated carbocycles. The van der Waals surface area contributed by atoms with Gasteiger partial charge in [0.2, 0.25) is 0 Å². The zero-order valence-electron chi connectivity index (χ0n) is 11.2. The van der Waals surface area contributed by atoms with Crippen molar-refractivity contribution >= 4 is 28.1 Å². The fourth-order valence-corrected chi connectivity index (χ4v) is 3.53. The van der Waals surface area contributed by atoms with Crippen LogP contribution in [0.15, 0.2) is 23.4 Å². The third-order valence-electron chi connectivity index (χ3n) is 3.44. The van der Waals surface area contributed by atoms with Crippen molar-refractivity contribution in [2.45, 2.75) is 17.9 Å². The van der Waals surface area contributed by atoms with Crippen LogP contribution >= 0.6 is 12.4 Å². The first-order valence-electron chi connectivity index (χ1n) is 6.26. The van der Waals surface area contributed by atoms with Gasteiger partial charge in [-0.05, 0) is 31.4 Å². The quantitative estimate of drug-likeness (QED) is 0.640. The van der Waals surface area contributed by atoms with Crippen LogP contribution in [0.3, 0.4) is 0 Å². The van der Waals surface area contributed by atoms with E-state index in [1.807, 2.05) is 0 Å². The smallest absolute Gasteiger partial charge is 0.287 e. The minimum atomic E-state index is -3.68. The Morgan fingerprint density at radius 1 is 1.38 bits per heavy atom. The Labute approximate surface area is 129 Å². The van der Waals surface area contributed by atoms with E-state index in [2.05, 4.69) is 4.98 Å². The number of rotatable bonds is 4. The number of sulfonamides is 1. The van der Waals surface area contributed by atoms with Gasteiger partial charge >= 0.3 is 0 Å². The molecule has 1 saturated heterocycles. The number of piperidine rings is 1. The number of hydrogen-bond donors (Lipinski definition) is 1. The molecule has 0 spiro atoms. The summed E-state index contributed by atoms with van der Waals surface area (Å²) in [6.07, 6.45) is 2.41. The van der Waals surface area contributed by atoms with Crippen molar-refractivity contribution in [2.75, 3.05) is 19.6 Å². The fourth-order valence-electron chi connectivity index (χ4n) is 2.15. The van der Waals surface area contributed by atoms with E-state index in [-0.39, 0.29) is 23.1 Å². The first-order valence-corrected chi connectivity index (χ1v) is 7.70. The number of nitrogens with zero attached hydrogens (tertiary/aromatic N) is 3. The highest BCUT2D eigenvalue weighted by Gasteiger charge is 2.30. The van der Waals surface area contributed by atoms with E-state index in [4.69, 9.17) is 5.73 Å². The minimum Gasteiger partial charge on any atom is -0.330 e. The van der Waals surface area contributed by atoms with E-state index >= 15 is 0 Å². The van der Waals surface area contributed by atoms with E-state index in [1.165, 1.54) is 10.4 Å². The molecule has 1 aliphatic rings. The summed E-state index contributed by atoms with van der Waals surface area (Å²) >= 11 is 0. The maximum atomic E-state index is 12.3. The standard InChI is InChI=1S/C11H16N4O4S.ClH/c12-7-9-3-5-14(6-4-9)20(18,19)11-2-1-10(8-13-11)15(16)17;/h1-2,8-9H,3-7,12H2;1H. The molecule has 1 aromatic rings. The molecule has 0 radical (unpaired) electrons. The summed E-state index contributed by atoms with van der Waals surface area (Å²) in [5, 5.41) is 10.4. The molecule has 0 atom stereocenters. The average Bonchev–Trinajstić information content (AvgIpc) is 2.47. The van der Waals surface area contributed by atoms with Gasteiger partial charge in [0.1, 0.15) is 6.20 Å². The topological polar surface area (TPSA) is 119 Å². The summed E-state index contributed by atoms with van der Waals surface area (Å²) < 4.78 is 26.0. The van der Waals surface area contributed by atoms with E-state index in [1.54, 1.807) is 0 Å². The lowest BCUT2D eigenvalue weighted by Gasteiger charge is -2.30. The van der Waals surface area contributed by atoms with Crippen LogP contribution in [0.5, 0.6) is 0 Å². The first-order chi connectivity index (χ1) is 9.45. The molecular formula is C11H17ClN4O4S. The van der Waals surface area contributed by atoms with Gasteiger partial charge in [-0.1, -0.05) is 0 Å². The lowest BCUT2D eigenvalue weighted by atomic mass is 9.99. The summed E-state index contributed by atoms with van der Waals surface area (Å²) in [5.74, 6) is 0.353. The highest BCUT2D eigenvalue weighted by atomic mass is 35.5. The molecule has 2 heterocycles. The van der Waals surface area contributed by atoms with Gasteiger partial charge in [-0.2, -0.15) is 4.31 Å². The van der Waals surface area contributed by atoms with Crippen LogP contribution in [0.2, 0.25) is 0 Å². The molecule has 2 N–H and O–H groups in total. The number of halogens is 1. The molecule has 0 amide bonds.